The van der Waals surface area contributed by atoms with Crippen LogP contribution in [0.15, 0.2) is 12.1 Å². The van der Waals surface area contributed by atoms with Crippen LogP contribution in [0.25, 0.3) is 10.2 Å². The number of thiazole rings is 1. The van der Waals surface area contributed by atoms with E-state index in [9.17, 15) is 9.59 Å². The number of hydrogen-bond acceptors (Lipinski definition) is 5. The first-order chi connectivity index (χ1) is 15.1. The van der Waals surface area contributed by atoms with Gasteiger partial charge < -0.3 is 9.64 Å². The van der Waals surface area contributed by atoms with Gasteiger partial charge in [-0.25, -0.2) is 9.78 Å². The van der Waals surface area contributed by atoms with Crippen LogP contribution in [0.2, 0.25) is 5.02 Å². The summed E-state index contributed by atoms with van der Waals surface area (Å²) < 4.78 is 6.52. The lowest BCUT2D eigenvalue weighted by Gasteiger charge is -2.36. The summed E-state index contributed by atoms with van der Waals surface area (Å²) in [5.41, 5.74) is 1.45. The van der Waals surface area contributed by atoms with Gasteiger partial charge in [0.1, 0.15) is 5.60 Å². The van der Waals surface area contributed by atoms with Gasteiger partial charge in [-0.1, -0.05) is 29.4 Å². The Morgan fingerprint density at radius 2 is 1.91 bits per heavy atom. The summed E-state index contributed by atoms with van der Waals surface area (Å²) in [4.78, 5) is 34.3. The Hall–Kier alpha value is -1.86. The van der Waals surface area contributed by atoms with Gasteiger partial charge in [0.15, 0.2) is 5.13 Å². The van der Waals surface area contributed by atoms with Crippen molar-refractivity contribution < 1.29 is 14.3 Å². The summed E-state index contributed by atoms with van der Waals surface area (Å²) in [7, 11) is 0. The maximum absolute atomic E-state index is 13.3. The second kappa shape index (κ2) is 9.18. The summed E-state index contributed by atoms with van der Waals surface area (Å²) in [5.74, 6) is 0.622. The van der Waals surface area contributed by atoms with Crippen LogP contribution < -0.4 is 4.90 Å². The number of likely N-dealkylation sites (tertiary alicyclic amines) is 1. The molecule has 8 heteroatoms. The highest BCUT2D eigenvalue weighted by atomic mass is 35.5. The zero-order valence-electron chi connectivity index (χ0n) is 19.3. The van der Waals surface area contributed by atoms with Crippen LogP contribution >= 0.6 is 22.9 Å². The number of benzene rings is 1. The minimum atomic E-state index is -0.492. The zero-order chi connectivity index (χ0) is 23.0. The van der Waals surface area contributed by atoms with Gasteiger partial charge in [0.2, 0.25) is 5.91 Å². The van der Waals surface area contributed by atoms with Crippen LogP contribution in [0.5, 0.6) is 0 Å². The number of fused-ring (bicyclic) bond motifs is 1. The van der Waals surface area contributed by atoms with Gasteiger partial charge >= 0.3 is 6.09 Å². The summed E-state index contributed by atoms with van der Waals surface area (Å²) in [6, 6.07) is 3.84. The highest BCUT2D eigenvalue weighted by molar-refractivity contribution is 7.22. The molecule has 2 aliphatic rings. The summed E-state index contributed by atoms with van der Waals surface area (Å²) >= 11 is 7.79. The first-order valence-electron chi connectivity index (χ1n) is 11.5. The first-order valence-corrected chi connectivity index (χ1v) is 12.7. The van der Waals surface area contributed by atoms with E-state index in [-0.39, 0.29) is 17.9 Å². The molecule has 1 aliphatic heterocycles. The number of ether oxygens (including phenoxy) is 1. The molecule has 1 saturated carbocycles. The van der Waals surface area contributed by atoms with Gasteiger partial charge in [0, 0.05) is 30.6 Å². The molecule has 2 heterocycles. The standard InChI is InChI=1S/C24H32ClN3O3S/c1-15-12-18(25)13-19-20(15)26-22(32-19)28(21(29)17-6-5-7-17)14-16-8-10-27(11-9-16)23(30)31-24(2,3)4/h12-13,16-17H,5-11,14H2,1-4H3. The van der Waals surface area contributed by atoms with E-state index in [4.69, 9.17) is 21.3 Å². The molecular formula is C24H32ClN3O3S. The van der Waals surface area contributed by atoms with Crippen molar-refractivity contribution >= 4 is 50.3 Å². The van der Waals surface area contributed by atoms with E-state index in [1.807, 2.05) is 44.7 Å². The van der Waals surface area contributed by atoms with Crippen molar-refractivity contribution in [2.75, 3.05) is 24.5 Å². The van der Waals surface area contributed by atoms with Crippen molar-refractivity contribution in [3.8, 4) is 0 Å². The summed E-state index contributed by atoms with van der Waals surface area (Å²) in [6.07, 6.45) is 4.49. The van der Waals surface area contributed by atoms with E-state index in [2.05, 4.69) is 0 Å². The van der Waals surface area contributed by atoms with Crippen LogP contribution in [0.4, 0.5) is 9.93 Å². The number of nitrogens with zero attached hydrogens (tertiary/aromatic N) is 3. The van der Waals surface area contributed by atoms with Crippen LogP contribution in [-0.2, 0) is 9.53 Å². The molecule has 2 aromatic rings. The molecule has 0 atom stereocenters. The van der Waals surface area contributed by atoms with Gasteiger partial charge in [-0.3, -0.25) is 9.69 Å². The van der Waals surface area contributed by atoms with Gasteiger partial charge in [0.25, 0.3) is 0 Å². The maximum atomic E-state index is 13.3. The van der Waals surface area contributed by atoms with Crippen LogP contribution in [0.3, 0.4) is 0 Å². The molecule has 6 nitrogen and oxygen atoms in total. The average molecular weight is 478 g/mol. The van der Waals surface area contributed by atoms with E-state index in [0.717, 1.165) is 53.0 Å². The minimum Gasteiger partial charge on any atom is -0.444 e. The number of carbonyl (C=O) groups is 2. The van der Waals surface area contributed by atoms with Crippen LogP contribution in [0, 0.1) is 18.8 Å². The fraction of sp³-hybridized carbons (Fsp3) is 0.625. The predicted octanol–water partition coefficient (Wildman–Crippen LogP) is 6.04. The van der Waals surface area contributed by atoms with Crippen molar-refractivity contribution in [2.45, 2.75) is 65.4 Å². The average Bonchev–Trinajstić information content (AvgIpc) is 3.07. The molecule has 2 amide bonds. The van der Waals surface area contributed by atoms with Crippen molar-refractivity contribution in [1.29, 1.82) is 0 Å². The van der Waals surface area contributed by atoms with Crippen LogP contribution in [0.1, 0.15) is 58.4 Å². The third-order valence-electron chi connectivity index (χ3n) is 6.30. The van der Waals surface area contributed by atoms with Gasteiger partial charge in [-0.05, 0) is 77.0 Å². The maximum Gasteiger partial charge on any atom is 0.410 e. The lowest BCUT2D eigenvalue weighted by atomic mass is 9.84. The molecule has 0 bridgehead atoms. The highest BCUT2D eigenvalue weighted by Gasteiger charge is 2.34. The van der Waals surface area contributed by atoms with Crippen molar-refractivity contribution in [2.24, 2.45) is 11.8 Å². The lowest BCUT2D eigenvalue weighted by molar-refractivity contribution is -0.124. The van der Waals surface area contributed by atoms with Crippen molar-refractivity contribution in [1.82, 2.24) is 9.88 Å². The van der Waals surface area contributed by atoms with E-state index < -0.39 is 5.60 Å². The van der Waals surface area contributed by atoms with E-state index in [1.165, 1.54) is 11.3 Å². The predicted molar refractivity (Wildman–Crippen MR) is 130 cm³/mol. The number of carbonyl (C=O) groups excluding carboxylic acids is 2. The van der Waals surface area contributed by atoms with Gasteiger partial charge in [0.05, 0.1) is 10.2 Å². The molecule has 2 fully saturated rings. The molecular weight excluding hydrogens is 446 g/mol. The van der Waals surface area contributed by atoms with E-state index in [0.29, 0.717) is 30.6 Å². The quantitative estimate of drug-likeness (QED) is 0.538. The number of aryl methyl sites for hydroxylation is 1. The van der Waals surface area contributed by atoms with E-state index in [1.54, 1.807) is 4.90 Å². The largest absolute Gasteiger partial charge is 0.444 e. The Morgan fingerprint density at radius 1 is 1.22 bits per heavy atom. The normalized spacial score (nSPS) is 18.0. The molecule has 1 aromatic carbocycles. The molecule has 4 rings (SSSR count). The zero-order valence-corrected chi connectivity index (χ0v) is 20.9. The van der Waals surface area contributed by atoms with Crippen molar-refractivity contribution in [3.05, 3.63) is 22.7 Å². The van der Waals surface area contributed by atoms with Gasteiger partial charge in [-0.2, -0.15) is 0 Å². The topological polar surface area (TPSA) is 62.7 Å². The summed E-state index contributed by atoms with van der Waals surface area (Å²) in [5, 5.41) is 1.45. The Bertz CT molecular complexity index is 1000. The summed E-state index contributed by atoms with van der Waals surface area (Å²) in [6.45, 7) is 9.60. The molecule has 1 aromatic heterocycles. The molecule has 0 radical (unpaired) electrons. The molecule has 0 N–H and O–H groups in total. The molecule has 32 heavy (non-hydrogen) atoms. The molecule has 1 aliphatic carbocycles. The monoisotopic (exact) mass is 477 g/mol. The lowest BCUT2D eigenvalue weighted by Crippen LogP contribution is -2.46. The van der Waals surface area contributed by atoms with Crippen molar-refractivity contribution in [3.63, 3.8) is 0 Å². The third-order valence-corrected chi connectivity index (χ3v) is 7.54. The SMILES string of the molecule is Cc1cc(Cl)cc2sc(N(CC3CCN(C(=O)OC(C)(C)C)CC3)C(=O)C3CCC3)nc12. The second-order valence-corrected chi connectivity index (χ2v) is 11.5. The van der Waals surface area contributed by atoms with Crippen LogP contribution in [-0.4, -0.2) is 47.1 Å². The molecule has 0 unspecified atom stereocenters. The smallest absolute Gasteiger partial charge is 0.410 e. The second-order valence-electron chi connectivity index (χ2n) is 10.1. The molecule has 0 spiro atoms. The molecule has 1 saturated heterocycles. The first kappa shape index (κ1) is 23.3. The highest BCUT2D eigenvalue weighted by Crippen LogP contribution is 2.37. The Kier molecular flexibility index (Phi) is 6.68. The number of rotatable bonds is 4. The number of hydrogen-bond donors (Lipinski definition) is 0. The molecule has 174 valence electrons. The third kappa shape index (κ3) is 5.20. The minimum absolute atomic E-state index is 0.105. The number of piperidine rings is 1. The van der Waals surface area contributed by atoms with Gasteiger partial charge in [-0.15, -0.1) is 0 Å². The fourth-order valence-electron chi connectivity index (χ4n) is 4.28. The number of anilines is 1. The fourth-order valence-corrected chi connectivity index (χ4v) is 5.71. The van der Waals surface area contributed by atoms with E-state index >= 15 is 0 Å². The Labute approximate surface area is 198 Å². The number of amides is 2. The Morgan fingerprint density at radius 3 is 2.50 bits per heavy atom. The number of aromatic nitrogens is 1. The Balaban J connectivity index is 1.49. The number of halogens is 1.